The van der Waals surface area contributed by atoms with Crippen molar-refractivity contribution >= 4 is 5.95 Å². The van der Waals surface area contributed by atoms with Gasteiger partial charge in [-0.15, -0.1) is 0 Å². The Morgan fingerprint density at radius 3 is 2.43 bits per heavy atom. The Labute approximate surface area is 138 Å². The molecule has 3 rings (SSSR count). The molecule has 1 aromatic carbocycles. The van der Waals surface area contributed by atoms with Crippen LogP contribution in [0.15, 0.2) is 30.3 Å². The van der Waals surface area contributed by atoms with Crippen molar-refractivity contribution in [3.05, 3.63) is 41.6 Å². The van der Waals surface area contributed by atoms with Gasteiger partial charge < -0.3 is 10.6 Å². The van der Waals surface area contributed by atoms with Gasteiger partial charge in [0.25, 0.3) is 0 Å². The number of aryl methyl sites for hydroxylation is 1. The lowest BCUT2D eigenvalue weighted by molar-refractivity contribution is 0.477. The SMILES string of the molecule is Cc1cc(-c2ccc(C(C)C)cc2)nc(NC2CCNCC2)n1. The number of nitrogens with one attached hydrogen (secondary N) is 2. The summed E-state index contributed by atoms with van der Waals surface area (Å²) in [5.41, 5.74) is 4.49. The Morgan fingerprint density at radius 2 is 1.78 bits per heavy atom. The number of hydrogen-bond donors (Lipinski definition) is 2. The number of aromatic nitrogens is 2. The van der Waals surface area contributed by atoms with Gasteiger partial charge in [-0.2, -0.15) is 0 Å². The summed E-state index contributed by atoms with van der Waals surface area (Å²) in [6, 6.07) is 11.2. The van der Waals surface area contributed by atoms with Crippen LogP contribution in [0.3, 0.4) is 0 Å². The van der Waals surface area contributed by atoms with Gasteiger partial charge in [-0.1, -0.05) is 38.1 Å². The van der Waals surface area contributed by atoms with E-state index in [1.807, 2.05) is 6.92 Å². The van der Waals surface area contributed by atoms with Crippen LogP contribution in [0, 0.1) is 6.92 Å². The number of nitrogens with zero attached hydrogens (tertiary/aromatic N) is 2. The Kier molecular flexibility index (Phi) is 4.91. The number of anilines is 1. The minimum Gasteiger partial charge on any atom is -0.351 e. The van der Waals surface area contributed by atoms with Crippen molar-refractivity contribution in [1.82, 2.24) is 15.3 Å². The monoisotopic (exact) mass is 310 g/mol. The van der Waals surface area contributed by atoms with Crippen molar-refractivity contribution in [3.63, 3.8) is 0 Å². The van der Waals surface area contributed by atoms with Crippen LogP contribution in [0.5, 0.6) is 0 Å². The van der Waals surface area contributed by atoms with E-state index < -0.39 is 0 Å². The summed E-state index contributed by atoms with van der Waals surface area (Å²) in [7, 11) is 0. The number of benzene rings is 1. The zero-order valence-corrected chi connectivity index (χ0v) is 14.3. The van der Waals surface area contributed by atoms with Crippen molar-refractivity contribution in [2.45, 2.75) is 45.6 Å². The van der Waals surface area contributed by atoms with E-state index in [1.165, 1.54) is 5.56 Å². The summed E-state index contributed by atoms with van der Waals surface area (Å²) in [4.78, 5) is 9.29. The summed E-state index contributed by atoms with van der Waals surface area (Å²) in [6.07, 6.45) is 2.24. The highest BCUT2D eigenvalue weighted by atomic mass is 15.1. The van der Waals surface area contributed by atoms with E-state index in [4.69, 9.17) is 4.98 Å². The van der Waals surface area contributed by atoms with Gasteiger partial charge in [-0.3, -0.25) is 0 Å². The quantitative estimate of drug-likeness (QED) is 0.903. The number of rotatable bonds is 4. The second kappa shape index (κ2) is 7.09. The molecule has 2 aromatic rings. The number of piperidine rings is 1. The smallest absolute Gasteiger partial charge is 0.223 e. The molecular formula is C19H26N4. The topological polar surface area (TPSA) is 49.8 Å². The van der Waals surface area contributed by atoms with E-state index >= 15 is 0 Å². The molecule has 4 heteroatoms. The van der Waals surface area contributed by atoms with E-state index in [2.05, 4.69) is 59.8 Å². The molecule has 2 N–H and O–H groups in total. The predicted octanol–water partition coefficient (Wildman–Crippen LogP) is 3.74. The van der Waals surface area contributed by atoms with Gasteiger partial charge in [0, 0.05) is 17.3 Å². The van der Waals surface area contributed by atoms with Gasteiger partial charge in [0.2, 0.25) is 5.95 Å². The second-order valence-corrected chi connectivity index (χ2v) is 6.66. The molecule has 1 fully saturated rings. The predicted molar refractivity (Wildman–Crippen MR) is 95.8 cm³/mol. The molecule has 2 heterocycles. The zero-order chi connectivity index (χ0) is 16.2. The summed E-state index contributed by atoms with van der Waals surface area (Å²) in [5, 5.41) is 6.88. The van der Waals surface area contributed by atoms with Crippen LogP contribution < -0.4 is 10.6 Å². The summed E-state index contributed by atoms with van der Waals surface area (Å²) >= 11 is 0. The van der Waals surface area contributed by atoms with Gasteiger partial charge in [0.15, 0.2) is 0 Å². The first-order valence-corrected chi connectivity index (χ1v) is 8.55. The van der Waals surface area contributed by atoms with Gasteiger partial charge in [-0.25, -0.2) is 9.97 Å². The third kappa shape index (κ3) is 4.08. The van der Waals surface area contributed by atoms with Crippen LogP contribution in [-0.2, 0) is 0 Å². The maximum absolute atomic E-state index is 4.73. The van der Waals surface area contributed by atoms with Crippen molar-refractivity contribution in [3.8, 4) is 11.3 Å². The molecule has 1 aliphatic heterocycles. The van der Waals surface area contributed by atoms with E-state index in [0.717, 1.165) is 48.8 Å². The third-order valence-electron chi connectivity index (χ3n) is 4.40. The molecule has 0 amide bonds. The molecule has 1 aliphatic rings. The summed E-state index contributed by atoms with van der Waals surface area (Å²) < 4.78 is 0. The molecule has 4 nitrogen and oxygen atoms in total. The fourth-order valence-corrected chi connectivity index (χ4v) is 2.97. The standard InChI is InChI=1S/C19H26N4/c1-13(2)15-4-6-16(7-5-15)18-12-14(3)21-19(23-18)22-17-8-10-20-11-9-17/h4-7,12-13,17,20H,8-11H2,1-3H3,(H,21,22,23). The Morgan fingerprint density at radius 1 is 1.09 bits per heavy atom. The van der Waals surface area contributed by atoms with Gasteiger partial charge in [-0.05, 0) is 50.4 Å². The lowest BCUT2D eigenvalue weighted by Gasteiger charge is -2.23. The summed E-state index contributed by atoms with van der Waals surface area (Å²) in [5.74, 6) is 1.30. The van der Waals surface area contributed by atoms with Crippen LogP contribution in [0.25, 0.3) is 11.3 Å². The van der Waals surface area contributed by atoms with Crippen molar-refractivity contribution in [2.24, 2.45) is 0 Å². The number of hydrogen-bond acceptors (Lipinski definition) is 4. The van der Waals surface area contributed by atoms with Crippen LogP contribution in [0.1, 0.15) is 43.9 Å². The van der Waals surface area contributed by atoms with Gasteiger partial charge in [0.05, 0.1) is 5.69 Å². The highest BCUT2D eigenvalue weighted by Gasteiger charge is 2.14. The molecule has 1 saturated heterocycles. The molecule has 0 aliphatic carbocycles. The molecule has 0 unspecified atom stereocenters. The first kappa shape index (κ1) is 15.9. The zero-order valence-electron chi connectivity index (χ0n) is 14.3. The Hall–Kier alpha value is -1.94. The summed E-state index contributed by atoms with van der Waals surface area (Å²) in [6.45, 7) is 8.58. The molecular weight excluding hydrogens is 284 g/mol. The Bertz CT molecular complexity index is 643. The van der Waals surface area contributed by atoms with Crippen LogP contribution in [-0.4, -0.2) is 29.1 Å². The normalized spacial score (nSPS) is 15.8. The fourth-order valence-electron chi connectivity index (χ4n) is 2.97. The molecule has 0 radical (unpaired) electrons. The van der Waals surface area contributed by atoms with E-state index in [1.54, 1.807) is 0 Å². The van der Waals surface area contributed by atoms with Crippen molar-refractivity contribution < 1.29 is 0 Å². The fraction of sp³-hybridized carbons (Fsp3) is 0.474. The van der Waals surface area contributed by atoms with Crippen LogP contribution >= 0.6 is 0 Å². The molecule has 23 heavy (non-hydrogen) atoms. The van der Waals surface area contributed by atoms with Crippen LogP contribution in [0.4, 0.5) is 5.95 Å². The molecule has 0 bridgehead atoms. The van der Waals surface area contributed by atoms with Crippen molar-refractivity contribution in [2.75, 3.05) is 18.4 Å². The minimum atomic E-state index is 0.467. The largest absolute Gasteiger partial charge is 0.351 e. The average Bonchev–Trinajstić information content (AvgIpc) is 2.55. The Balaban J connectivity index is 1.81. The lowest BCUT2D eigenvalue weighted by atomic mass is 10.0. The molecule has 122 valence electrons. The molecule has 0 spiro atoms. The first-order valence-electron chi connectivity index (χ1n) is 8.55. The van der Waals surface area contributed by atoms with Crippen LogP contribution in [0.2, 0.25) is 0 Å². The molecule has 1 aromatic heterocycles. The highest BCUT2D eigenvalue weighted by Crippen LogP contribution is 2.23. The molecule has 0 saturated carbocycles. The van der Waals surface area contributed by atoms with E-state index in [-0.39, 0.29) is 0 Å². The average molecular weight is 310 g/mol. The van der Waals surface area contributed by atoms with Crippen molar-refractivity contribution in [1.29, 1.82) is 0 Å². The van der Waals surface area contributed by atoms with E-state index in [0.29, 0.717) is 12.0 Å². The van der Waals surface area contributed by atoms with E-state index in [9.17, 15) is 0 Å². The maximum Gasteiger partial charge on any atom is 0.223 e. The third-order valence-corrected chi connectivity index (χ3v) is 4.40. The lowest BCUT2D eigenvalue weighted by Crippen LogP contribution is -2.35. The first-order chi connectivity index (χ1) is 11.1. The highest BCUT2D eigenvalue weighted by molar-refractivity contribution is 5.61. The van der Waals surface area contributed by atoms with Gasteiger partial charge in [0.1, 0.15) is 0 Å². The maximum atomic E-state index is 4.73. The van der Waals surface area contributed by atoms with Gasteiger partial charge >= 0.3 is 0 Å². The molecule has 0 atom stereocenters. The minimum absolute atomic E-state index is 0.467. The second-order valence-electron chi connectivity index (χ2n) is 6.66.